The molecule has 1 unspecified atom stereocenters. The zero-order valence-corrected chi connectivity index (χ0v) is 10.2. The predicted octanol–water partition coefficient (Wildman–Crippen LogP) is 2.27. The summed E-state index contributed by atoms with van der Waals surface area (Å²) in [6.07, 6.45) is 4.50. The van der Waals surface area contributed by atoms with Gasteiger partial charge in [-0.25, -0.2) is 0 Å². The van der Waals surface area contributed by atoms with E-state index < -0.39 is 0 Å². The Kier molecular flexibility index (Phi) is 7.81. The second-order valence-corrected chi connectivity index (χ2v) is 4.08. The average Bonchev–Trinajstić information content (AvgIpc) is 2.13. The molecule has 0 saturated carbocycles. The molecule has 0 bridgehead atoms. The monoisotopic (exact) mass is 198 g/mol. The summed E-state index contributed by atoms with van der Waals surface area (Å²) in [7, 11) is 2.02. The number of likely N-dealkylation sites (N-methyl/N-ethyl adjacent to an activating group) is 1. The molecule has 0 rings (SSSR count). The normalized spacial score (nSPS) is 13.6. The smallest absolute Gasteiger partial charge is 0.0226 e. The highest BCUT2D eigenvalue weighted by molar-refractivity contribution is 4.82. The van der Waals surface area contributed by atoms with E-state index in [0.29, 0.717) is 12.1 Å². The Bertz CT molecular complexity index is 137. The van der Waals surface area contributed by atoms with Crippen molar-refractivity contribution in [3.8, 4) is 0 Å². The second-order valence-electron chi connectivity index (χ2n) is 4.08. The fraction of sp³-hybridized carbons (Fsp3) is 0.833. The lowest BCUT2D eigenvalue weighted by atomic mass is 10.1. The van der Waals surface area contributed by atoms with Gasteiger partial charge < -0.3 is 5.32 Å². The molecule has 0 spiro atoms. The van der Waals surface area contributed by atoms with E-state index in [2.05, 4.69) is 37.6 Å². The van der Waals surface area contributed by atoms with Gasteiger partial charge in [0, 0.05) is 25.2 Å². The van der Waals surface area contributed by atoms with Crippen LogP contribution in [-0.2, 0) is 0 Å². The molecule has 14 heavy (non-hydrogen) atoms. The third-order valence-electron chi connectivity index (χ3n) is 2.53. The first-order valence-electron chi connectivity index (χ1n) is 5.68. The summed E-state index contributed by atoms with van der Waals surface area (Å²) in [6.45, 7) is 12.6. The first kappa shape index (κ1) is 13.7. The molecular weight excluding hydrogens is 172 g/mol. The van der Waals surface area contributed by atoms with Crippen molar-refractivity contribution in [2.24, 2.45) is 0 Å². The molecule has 2 heteroatoms. The number of nitrogens with zero attached hydrogens (tertiary/aromatic N) is 1. The maximum absolute atomic E-state index is 3.82. The van der Waals surface area contributed by atoms with Crippen LogP contribution in [0, 0.1) is 0 Å². The highest BCUT2D eigenvalue weighted by atomic mass is 15.2. The third kappa shape index (κ3) is 4.77. The molecule has 0 amide bonds. The lowest BCUT2D eigenvalue weighted by Crippen LogP contribution is -2.45. The summed E-state index contributed by atoms with van der Waals surface area (Å²) in [5, 5.41) is 3.27. The van der Waals surface area contributed by atoms with E-state index in [4.69, 9.17) is 0 Å². The van der Waals surface area contributed by atoms with Crippen LogP contribution < -0.4 is 5.32 Å². The molecule has 0 aliphatic carbocycles. The number of nitrogens with one attached hydrogen (secondary N) is 1. The summed E-state index contributed by atoms with van der Waals surface area (Å²) in [5.41, 5.74) is 0. The van der Waals surface area contributed by atoms with Crippen molar-refractivity contribution in [2.75, 3.05) is 20.1 Å². The molecule has 2 nitrogen and oxygen atoms in total. The molecule has 0 fully saturated rings. The molecule has 0 aromatic carbocycles. The van der Waals surface area contributed by atoms with Crippen LogP contribution in [0.4, 0.5) is 0 Å². The van der Waals surface area contributed by atoms with E-state index in [-0.39, 0.29) is 0 Å². The van der Waals surface area contributed by atoms with Gasteiger partial charge in [-0.1, -0.05) is 19.4 Å². The largest absolute Gasteiger partial charge is 0.318 e. The van der Waals surface area contributed by atoms with Gasteiger partial charge in [0.05, 0.1) is 0 Å². The summed E-state index contributed by atoms with van der Waals surface area (Å²) in [5.74, 6) is 0. The van der Waals surface area contributed by atoms with Crippen molar-refractivity contribution in [2.45, 2.75) is 45.7 Å². The molecule has 0 radical (unpaired) electrons. The molecule has 1 atom stereocenters. The predicted molar refractivity (Wildman–Crippen MR) is 64.7 cm³/mol. The second kappa shape index (κ2) is 8.01. The standard InChI is InChI=1S/C12H26N2/c1-6-8-12(10-13-5)14(9-7-2)11(3)4/h7,11-13H,2,6,8-10H2,1,3-5H3. The molecule has 0 saturated heterocycles. The number of hydrogen-bond donors (Lipinski definition) is 1. The Balaban J connectivity index is 4.28. The topological polar surface area (TPSA) is 15.3 Å². The van der Waals surface area contributed by atoms with Crippen molar-refractivity contribution in [1.82, 2.24) is 10.2 Å². The summed E-state index contributed by atoms with van der Waals surface area (Å²) in [6, 6.07) is 1.24. The zero-order chi connectivity index (χ0) is 11.0. The maximum atomic E-state index is 3.82. The van der Waals surface area contributed by atoms with E-state index in [1.807, 2.05) is 13.1 Å². The van der Waals surface area contributed by atoms with Gasteiger partial charge in [0.15, 0.2) is 0 Å². The van der Waals surface area contributed by atoms with Gasteiger partial charge in [0.1, 0.15) is 0 Å². The van der Waals surface area contributed by atoms with Gasteiger partial charge in [0.2, 0.25) is 0 Å². The first-order valence-corrected chi connectivity index (χ1v) is 5.68. The molecule has 0 heterocycles. The van der Waals surface area contributed by atoms with E-state index in [9.17, 15) is 0 Å². The minimum Gasteiger partial charge on any atom is -0.318 e. The van der Waals surface area contributed by atoms with E-state index in [1.165, 1.54) is 12.8 Å². The van der Waals surface area contributed by atoms with Crippen molar-refractivity contribution < 1.29 is 0 Å². The van der Waals surface area contributed by atoms with Gasteiger partial charge in [-0.15, -0.1) is 6.58 Å². The van der Waals surface area contributed by atoms with Crippen molar-refractivity contribution in [1.29, 1.82) is 0 Å². The highest BCUT2D eigenvalue weighted by Gasteiger charge is 2.18. The van der Waals surface area contributed by atoms with E-state index >= 15 is 0 Å². The summed E-state index contributed by atoms with van der Waals surface area (Å²) in [4.78, 5) is 2.51. The van der Waals surface area contributed by atoms with Crippen LogP contribution in [0.3, 0.4) is 0 Å². The van der Waals surface area contributed by atoms with Crippen LogP contribution in [0.15, 0.2) is 12.7 Å². The van der Waals surface area contributed by atoms with E-state index in [1.54, 1.807) is 0 Å². The van der Waals surface area contributed by atoms with Crippen molar-refractivity contribution in [3.05, 3.63) is 12.7 Å². The molecule has 84 valence electrons. The molecule has 0 aromatic heterocycles. The van der Waals surface area contributed by atoms with Gasteiger partial charge in [-0.3, -0.25) is 4.90 Å². The molecule has 0 aliphatic heterocycles. The van der Waals surface area contributed by atoms with Gasteiger partial charge >= 0.3 is 0 Å². The van der Waals surface area contributed by atoms with Crippen LogP contribution in [0.5, 0.6) is 0 Å². The Morgan fingerprint density at radius 1 is 1.43 bits per heavy atom. The number of rotatable bonds is 8. The van der Waals surface area contributed by atoms with Gasteiger partial charge in [-0.05, 0) is 27.3 Å². The fourth-order valence-electron chi connectivity index (χ4n) is 1.88. The SMILES string of the molecule is C=CCN(C(C)C)C(CCC)CNC. The van der Waals surface area contributed by atoms with Crippen LogP contribution in [0.1, 0.15) is 33.6 Å². The van der Waals surface area contributed by atoms with Crippen LogP contribution in [0.2, 0.25) is 0 Å². The van der Waals surface area contributed by atoms with Crippen molar-refractivity contribution >= 4 is 0 Å². The average molecular weight is 198 g/mol. The first-order chi connectivity index (χ1) is 6.67. The summed E-state index contributed by atoms with van der Waals surface area (Å²) < 4.78 is 0. The molecule has 0 aliphatic rings. The maximum Gasteiger partial charge on any atom is 0.0226 e. The lowest BCUT2D eigenvalue weighted by Gasteiger charge is -2.34. The lowest BCUT2D eigenvalue weighted by molar-refractivity contribution is 0.161. The van der Waals surface area contributed by atoms with Gasteiger partial charge in [0.25, 0.3) is 0 Å². The Morgan fingerprint density at radius 2 is 2.07 bits per heavy atom. The van der Waals surface area contributed by atoms with Crippen LogP contribution in [0.25, 0.3) is 0 Å². The Hall–Kier alpha value is -0.340. The van der Waals surface area contributed by atoms with Crippen LogP contribution in [-0.4, -0.2) is 37.1 Å². The van der Waals surface area contributed by atoms with Crippen molar-refractivity contribution in [3.63, 3.8) is 0 Å². The highest BCUT2D eigenvalue weighted by Crippen LogP contribution is 2.10. The van der Waals surface area contributed by atoms with Crippen LogP contribution >= 0.6 is 0 Å². The quantitative estimate of drug-likeness (QED) is 0.602. The third-order valence-corrected chi connectivity index (χ3v) is 2.53. The molecule has 1 N–H and O–H groups in total. The minimum absolute atomic E-state index is 0.595. The Labute approximate surface area is 89.4 Å². The summed E-state index contributed by atoms with van der Waals surface area (Å²) >= 11 is 0. The number of hydrogen-bond acceptors (Lipinski definition) is 2. The Morgan fingerprint density at radius 3 is 2.43 bits per heavy atom. The zero-order valence-electron chi connectivity index (χ0n) is 10.2. The molecular formula is C12H26N2. The minimum atomic E-state index is 0.595. The fourth-order valence-corrected chi connectivity index (χ4v) is 1.88. The van der Waals surface area contributed by atoms with E-state index in [0.717, 1.165) is 13.1 Å². The molecule has 0 aromatic rings. The van der Waals surface area contributed by atoms with Gasteiger partial charge in [-0.2, -0.15) is 0 Å².